The average Bonchev–Trinajstić information content (AvgIpc) is 2.82. The minimum Gasteiger partial charge on any atom is -0.462 e. The Morgan fingerprint density at radius 2 is 1.61 bits per heavy atom. The van der Waals surface area contributed by atoms with Crippen molar-refractivity contribution in [2.45, 2.75) is 88.5 Å². The van der Waals surface area contributed by atoms with E-state index in [9.17, 15) is 20.4 Å². The van der Waals surface area contributed by atoms with Gasteiger partial charge in [0.2, 0.25) is 6.29 Å². The van der Waals surface area contributed by atoms with Crippen LogP contribution in [-0.2, 0) is 11.2 Å². The molecule has 2 rings (SSSR count). The summed E-state index contributed by atoms with van der Waals surface area (Å²) < 4.78 is 11.1. The van der Waals surface area contributed by atoms with Crippen LogP contribution in [-0.4, -0.2) is 57.7 Å². The van der Waals surface area contributed by atoms with E-state index in [0.717, 1.165) is 37.7 Å². The van der Waals surface area contributed by atoms with Gasteiger partial charge < -0.3 is 29.9 Å². The second kappa shape index (κ2) is 15.8. The van der Waals surface area contributed by atoms with Crippen LogP contribution in [0.5, 0.6) is 5.75 Å². The van der Waals surface area contributed by atoms with E-state index in [0.29, 0.717) is 5.75 Å². The second-order valence-corrected chi connectivity index (χ2v) is 8.47. The number of allylic oxidation sites excluding steroid dienone is 5. The minimum atomic E-state index is -1.45. The molecule has 5 atom stereocenters. The summed E-state index contributed by atoms with van der Waals surface area (Å²) in [5, 5.41) is 39.2. The van der Waals surface area contributed by atoms with Crippen molar-refractivity contribution in [3.63, 3.8) is 0 Å². The summed E-state index contributed by atoms with van der Waals surface area (Å²) in [6.07, 6.45) is 14.2. The summed E-state index contributed by atoms with van der Waals surface area (Å²) in [5.41, 5.74) is 1.13. The van der Waals surface area contributed by atoms with Crippen LogP contribution in [0, 0.1) is 0 Å². The molecule has 1 saturated heterocycles. The topological polar surface area (TPSA) is 99.4 Å². The maximum Gasteiger partial charge on any atom is 0.229 e. The molecule has 1 heterocycles. The molecule has 0 aromatic heterocycles. The molecule has 0 amide bonds. The Labute approximate surface area is 197 Å². The Morgan fingerprint density at radius 3 is 2.39 bits per heavy atom. The Kier molecular flexibility index (Phi) is 13.1. The monoisotopic (exact) mass is 460 g/mol. The predicted molar refractivity (Wildman–Crippen MR) is 130 cm³/mol. The van der Waals surface area contributed by atoms with Crippen molar-refractivity contribution in [1.29, 1.82) is 0 Å². The smallest absolute Gasteiger partial charge is 0.229 e. The van der Waals surface area contributed by atoms with Crippen LogP contribution in [0.3, 0.4) is 0 Å². The summed E-state index contributed by atoms with van der Waals surface area (Å²) in [7, 11) is 0. The fourth-order valence-electron chi connectivity index (χ4n) is 3.78. The number of aryl methyl sites for hydroxylation is 1. The third-order valence-electron chi connectivity index (χ3n) is 5.74. The summed E-state index contributed by atoms with van der Waals surface area (Å²) in [6, 6.07) is 7.57. The zero-order valence-corrected chi connectivity index (χ0v) is 19.5. The summed E-state index contributed by atoms with van der Waals surface area (Å²) in [5.74, 6) is 0.517. The third-order valence-corrected chi connectivity index (χ3v) is 5.74. The van der Waals surface area contributed by atoms with Crippen molar-refractivity contribution in [3.05, 3.63) is 66.8 Å². The number of ether oxygens (including phenoxy) is 2. The lowest BCUT2D eigenvalue weighted by Crippen LogP contribution is -2.60. The summed E-state index contributed by atoms with van der Waals surface area (Å²) in [4.78, 5) is 0. The molecule has 33 heavy (non-hydrogen) atoms. The van der Waals surface area contributed by atoms with Gasteiger partial charge in [0.05, 0.1) is 6.61 Å². The number of aliphatic hydroxyl groups excluding tert-OH is 4. The van der Waals surface area contributed by atoms with Crippen LogP contribution in [0.4, 0.5) is 0 Å². The first-order chi connectivity index (χ1) is 16.1. The van der Waals surface area contributed by atoms with E-state index in [-0.39, 0.29) is 0 Å². The second-order valence-electron chi connectivity index (χ2n) is 8.47. The highest BCUT2D eigenvalue weighted by molar-refractivity contribution is 5.28. The Balaban J connectivity index is 1.64. The fraction of sp³-hybridized carbons (Fsp3) is 0.556. The van der Waals surface area contributed by atoms with Gasteiger partial charge in [-0.1, -0.05) is 61.8 Å². The molecule has 0 unspecified atom stereocenters. The molecular weight excluding hydrogens is 420 g/mol. The molecular formula is C27H40O6. The number of hydrogen-bond donors (Lipinski definition) is 4. The molecule has 0 spiro atoms. The van der Waals surface area contributed by atoms with Crippen molar-refractivity contribution >= 4 is 0 Å². The van der Waals surface area contributed by atoms with E-state index >= 15 is 0 Å². The maximum absolute atomic E-state index is 10.1. The first-order valence-corrected chi connectivity index (χ1v) is 12.0. The van der Waals surface area contributed by atoms with Crippen LogP contribution in [0.25, 0.3) is 0 Å². The van der Waals surface area contributed by atoms with Crippen LogP contribution in [0.1, 0.15) is 56.9 Å². The van der Waals surface area contributed by atoms with Crippen molar-refractivity contribution in [3.8, 4) is 5.75 Å². The van der Waals surface area contributed by atoms with Crippen molar-refractivity contribution in [2.24, 2.45) is 0 Å². The van der Waals surface area contributed by atoms with E-state index < -0.39 is 37.3 Å². The zero-order chi connectivity index (χ0) is 23.9. The molecule has 1 fully saturated rings. The molecule has 1 aliphatic heterocycles. The molecule has 0 saturated carbocycles. The highest BCUT2D eigenvalue weighted by Gasteiger charge is 2.44. The highest BCUT2D eigenvalue weighted by Crippen LogP contribution is 2.25. The normalized spacial score (nSPS) is 25.6. The van der Waals surface area contributed by atoms with Crippen LogP contribution >= 0.6 is 0 Å². The quantitative estimate of drug-likeness (QED) is 0.235. The molecule has 0 radical (unpaired) electrons. The van der Waals surface area contributed by atoms with Crippen LogP contribution in [0.2, 0.25) is 0 Å². The Morgan fingerprint density at radius 1 is 0.879 bits per heavy atom. The SMILES string of the molecule is C=CC/C=C/C/C=C/CCCCCCCc1cccc(O[C@@H]2O[C@H](CO)[C@@H](O)[C@H](O)[C@H]2O)c1. The lowest BCUT2D eigenvalue weighted by molar-refractivity contribution is -0.277. The number of unbranched alkanes of at least 4 members (excludes halogenated alkanes) is 5. The molecule has 6 heteroatoms. The lowest BCUT2D eigenvalue weighted by atomic mass is 9.99. The first kappa shape index (κ1) is 27.3. The van der Waals surface area contributed by atoms with Crippen LogP contribution in [0.15, 0.2) is 61.2 Å². The van der Waals surface area contributed by atoms with Crippen molar-refractivity contribution < 1.29 is 29.9 Å². The zero-order valence-electron chi connectivity index (χ0n) is 19.5. The Bertz CT molecular complexity index is 729. The third kappa shape index (κ3) is 9.82. The van der Waals surface area contributed by atoms with Gasteiger partial charge in [-0.3, -0.25) is 0 Å². The largest absolute Gasteiger partial charge is 0.462 e. The molecule has 4 N–H and O–H groups in total. The number of rotatable bonds is 15. The standard InChI is InChI=1S/C27H40O6/c1-2-3-4-5-6-7-8-9-10-11-12-13-14-16-21-17-15-18-22(19-21)32-27-26(31)25(30)24(29)23(20-28)33-27/h2,4-5,7-8,15,17-19,23-31H,1,3,6,9-14,16,20H2/b5-4+,8-7+/t23-,24-,25+,26-,27-/m1/s1. The fourth-order valence-corrected chi connectivity index (χ4v) is 3.78. The summed E-state index contributed by atoms with van der Waals surface area (Å²) >= 11 is 0. The maximum atomic E-state index is 10.1. The van der Waals surface area contributed by atoms with Gasteiger partial charge >= 0.3 is 0 Å². The number of hydrogen-bond acceptors (Lipinski definition) is 6. The molecule has 1 aromatic carbocycles. The highest BCUT2D eigenvalue weighted by atomic mass is 16.7. The van der Waals surface area contributed by atoms with E-state index in [1.165, 1.54) is 25.7 Å². The molecule has 184 valence electrons. The van der Waals surface area contributed by atoms with E-state index in [4.69, 9.17) is 9.47 Å². The van der Waals surface area contributed by atoms with Gasteiger partial charge in [0, 0.05) is 0 Å². The average molecular weight is 461 g/mol. The summed E-state index contributed by atoms with van der Waals surface area (Å²) in [6.45, 7) is 3.22. The van der Waals surface area contributed by atoms with Gasteiger partial charge in [-0.05, 0) is 56.2 Å². The van der Waals surface area contributed by atoms with Gasteiger partial charge in [-0.15, -0.1) is 6.58 Å². The van der Waals surface area contributed by atoms with Gasteiger partial charge in [0.25, 0.3) is 0 Å². The molecule has 1 aromatic rings. The Hall–Kier alpha value is -1.96. The van der Waals surface area contributed by atoms with Gasteiger partial charge in [0.1, 0.15) is 30.2 Å². The number of aliphatic hydroxyl groups is 4. The van der Waals surface area contributed by atoms with Crippen LogP contribution < -0.4 is 4.74 Å². The van der Waals surface area contributed by atoms with Crippen molar-refractivity contribution in [1.82, 2.24) is 0 Å². The van der Waals surface area contributed by atoms with E-state index in [1.54, 1.807) is 6.07 Å². The van der Waals surface area contributed by atoms with Gasteiger partial charge in [-0.25, -0.2) is 0 Å². The van der Waals surface area contributed by atoms with Gasteiger partial charge in [-0.2, -0.15) is 0 Å². The first-order valence-electron chi connectivity index (χ1n) is 12.0. The minimum absolute atomic E-state index is 0.478. The lowest BCUT2D eigenvalue weighted by Gasteiger charge is -2.39. The van der Waals surface area contributed by atoms with Gasteiger partial charge in [0.15, 0.2) is 0 Å². The van der Waals surface area contributed by atoms with E-state index in [1.807, 2.05) is 24.3 Å². The molecule has 0 aliphatic carbocycles. The predicted octanol–water partition coefficient (Wildman–Crippen LogP) is 3.83. The molecule has 6 nitrogen and oxygen atoms in total. The molecule has 0 bridgehead atoms. The van der Waals surface area contributed by atoms with Crippen molar-refractivity contribution in [2.75, 3.05) is 6.61 Å². The molecule has 1 aliphatic rings. The van der Waals surface area contributed by atoms with E-state index in [2.05, 4.69) is 30.9 Å². The number of benzene rings is 1.